The molecule has 0 bridgehead atoms. The maximum absolute atomic E-state index is 12.3. The molecule has 0 aliphatic rings. The molecule has 0 radical (unpaired) electrons. The summed E-state index contributed by atoms with van der Waals surface area (Å²) in [5.41, 5.74) is 1.19. The SMILES string of the molecule is O=c1c2cccc(Cl)c2[nH]c2c(Cl)cccc12. The van der Waals surface area contributed by atoms with Crippen LogP contribution in [0.15, 0.2) is 41.2 Å². The second-order valence-corrected chi connectivity index (χ2v) is 4.59. The molecule has 3 rings (SSSR count). The van der Waals surface area contributed by atoms with Crippen LogP contribution in [0.5, 0.6) is 0 Å². The van der Waals surface area contributed by atoms with E-state index in [1.54, 1.807) is 36.4 Å². The van der Waals surface area contributed by atoms with Crippen LogP contribution in [0.4, 0.5) is 0 Å². The first-order valence-corrected chi connectivity index (χ1v) is 5.83. The fourth-order valence-electron chi connectivity index (χ4n) is 1.95. The Morgan fingerprint density at radius 2 is 1.29 bits per heavy atom. The molecule has 1 N–H and O–H groups in total. The number of H-pyrrole nitrogens is 1. The Hall–Kier alpha value is -1.51. The second-order valence-electron chi connectivity index (χ2n) is 3.78. The number of nitrogens with one attached hydrogen (secondary N) is 1. The van der Waals surface area contributed by atoms with Crippen LogP contribution < -0.4 is 5.43 Å². The van der Waals surface area contributed by atoms with Gasteiger partial charge < -0.3 is 4.98 Å². The van der Waals surface area contributed by atoms with E-state index in [9.17, 15) is 4.79 Å². The van der Waals surface area contributed by atoms with Crippen molar-refractivity contribution in [3.05, 3.63) is 56.7 Å². The van der Waals surface area contributed by atoms with Crippen LogP contribution in [-0.2, 0) is 0 Å². The van der Waals surface area contributed by atoms with Crippen molar-refractivity contribution in [2.45, 2.75) is 0 Å². The summed E-state index contributed by atoms with van der Waals surface area (Å²) in [6, 6.07) is 10.5. The van der Waals surface area contributed by atoms with Gasteiger partial charge in [-0.05, 0) is 24.3 Å². The largest absolute Gasteiger partial charge is 0.352 e. The fourth-order valence-corrected chi connectivity index (χ4v) is 2.39. The zero-order chi connectivity index (χ0) is 12.0. The highest BCUT2D eigenvalue weighted by Gasteiger charge is 2.09. The highest BCUT2D eigenvalue weighted by molar-refractivity contribution is 6.36. The molecule has 0 spiro atoms. The summed E-state index contributed by atoms with van der Waals surface area (Å²) in [6.45, 7) is 0. The van der Waals surface area contributed by atoms with E-state index in [-0.39, 0.29) is 5.43 Å². The predicted molar refractivity (Wildman–Crippen MR) is 72.1 cm³/mol. The highest BCUT2D eigenvalue weighted by Crippen LogP contribution is 2.25. The van der Waals surface area contributed by atoms with Gasteiger partial charge in [0, 0.05) is 10.8 Å². The lowest BCUT2D eigenvalue weighted by molar-refractivity contribution is 1.48. The van der Waals surface area contributed by atoms with Gasteiger partial charge in [0.2, 0.25) is 0 Å². The summed E-state index contributed by atoms with van der Waals surface area (Å²) < 4.78 is 0. The van der Waals surface area contributed by atoms with Gasteiger partial charge in [-0.25, -0.2) is 0 Å². The van der Waals surface area contributed by atoms with Crippen LogP contribution in [0.1, 0.15) is 0 Å². The Labute approximate surface area is 107 Å². The fraction of sp³-hybridized carbons (Fsp3) is 0. The van der Waals surface area contributed by atoms with Crippen molar-refractivity contribution in [1.29, 1.82) is 0 Å². The van der Waals surface area contributed by atoms with Crippen molar-refractivity contribution in [2.75, 3.05) is 0 Å². The summed E-state index contributed by atoms with van der Waals surface area (Å²) in [5.74, 6) is 0. The van der Waals surface area contributed by atoms with Crippen LogP contribution >= 0.6 is 23.2 Å². The molecular formula is C13H7Cl2NO. The lowest BCUT2D eigenvalue weighted by atomic mass is 10.1. The van der Waals surface area contributed by atoms with Crippen LogP contribution in [0.2, 0.25) is 10.0 Å². The van der Waals surface area contributed by atoms with E-state index in [1.807, 2.05) is 0 Å². The quantitative estimate of drug-likeness (QED) is 0.612. The monoisotopic (exact) mass is 263 g/mol. The molecule has 3 aromatic rings. The van der Waals surface area contributed by atoms with Crippen molar-refractivity contribution in [2.24, 2.45) is 0 Å². The van der Waals surface area contributed by atoms with Crippen LogP contribution in [-0.4, -0.2) is 4.98 Å². The second kappa shape index (κ2) is 3.76. The van der Waals surface area contributed by atoms with Gasteiger partial charge in [0.05, 0.1) is 21.1 Å². The summed E-state index contributed by atoms with van der Waals surface area (Å²) in [7, 11) is 0. The number of pyridine rings is 1. The van der Waals surface area contributed by atoms with E-state index in [4.69, 9.17) is 23.2 Å². The standard InChI is InChI=1S/C13H7Cl2NO/c14-9-5-1-3-7-11(9)16-12-8(13(7)17)4-2-6-10(12)15/h1-6H,(H,16,17). The number of hydrogen-bond donors (Lipinski definition) is 1. The van der Waals surface area contributed by atoms with Crippen molar-refractivity contribution < 1.29 is 0 Å². The molecule has 0 aliphatic carbocycles. The highest BCUT2D eigenvalue weighted by atomic mass is 35.5. The number of aromatic nitrogens is 1. The normalized spacial score (nSPS) is 11.2. The number of benzene rings is 2. The van der Waals surface area contributed by atoms with E-state index < -0.39 is 0 Å². The topological polar surface area (TPSA) is 32.9 Å². The predicted octanol–water partition coefficient (Wildman–Crippen LogP) is 3.99. The van der Waals surface area contributed by atoms with Gasteiger partial charge in [0.15, 0.2) is 5.43 Å². The number of halogens is 2. The molecule has 0 fully saturated rings. The Kier molecular flexibility index (Phi) is 2.35. The lowest BCUT2D eigenvalue weighted by Gasteiger charge is -2.05. The Morgan fingerprint density at radius 3 is 1.76 bits per heavy atom. The zero-order valence-electron chi connectivity index (χ0n) is 8.63. The molecular weight excluding hydrogens is 257 g/mol. The van der Waals surface area contributed by atoms with Crippen molar-refractivity contribution in [3.63, 3.8) is 0 Å². The van der Waals surface area contributed by atoms with Gasteiger partial charge in [-0.1, -0.05) is 35.3 Å². The molecule has 84 valence electrons. The number of hydrogen-bond acceptors (Lipinski definition) is 1. The van der Waals surface area contributed by atoms with Gasteiger partial charge in [-0.15, -0.1) is 0 Å². The third kappa shape index (κ3) is 1.53. The molecule has 0 saturated heterocycles. The zero-order valence-corrected chi connectivity index (χ0v) is 10.1. The third-order valence-corrected chi connectivity index (χ3v) is 3.40. The first-order chi connectivity index (χ1) is 8.18. The molecule has 0 aliphatic heterocycles. The maximum atomic E-state index is 12.3. The first-order valence-electron chi connectivity index (χ1n) is 5.07. The smallest absolute Gasteiger partial charge is 0.197 e. The summed E-state index contributed by atoms with van der Waals surface area (Å²) in [4.78, 5) is 15.4. The Bertz CT molecular complexity index is 729. The van der Waals surface area contributed by atoms with Crippen molar-refractivity contribution in [3.8, 4) is 0 Å². The number of fused-ring (bicyclic) bond motifs is 2. The molecule has 0 atom stereocenters. The molecule has 1 aromatic heterocycles. The average Bonchev–Trinajstić information content (AvgIpc) is 2.32. The maximum Gasteiger partial charge on any atom is 0.197 e. The molecule has 0 amide bonds. The molecule has 0 saturated carbocycles. The van der Waals surface area contributed by atoms with E-state index in [0.717, 1.165) is 0 Å². The Morgan fingerprint density at radius 1 is 0.824 bits per heavy atom. The van der Waals surface area contributed by atoms with E-state index >= 15 is 0 Å². The number of rotatable bonds is 0. The molecule has 1 heterocycles. The third-order valence-electron chi connectivity index (χ3n) is 2.77. The van der Waals surface area contributed by atoms with Crippen molar-refractivity contribution >= 4 is 45.0 Å². The molecule has 2 nitrogen and oxygen atoms in total. The average molecular weight is 264 g/mol. The molecule has 2 aromatic carbocycles. The van der Waals surface area contributed by atoms with Gasteiger partial charge in [0.1, 0.15) is 0 Å². The minimum atomic E-state index is -0.0567. The molecule has 4 heteroatoms. The van der Waals surface area contributed by atoms with Crippen LogP contribution in [0.3, 0.4) is 0 Å². The van der Waals surface area contributed by atoms with Gasteiger partial charge in [-0.2, -0.15) is 0 Å². The molecule has 0 unspecified atom stereocenters. The summed E-state index contributed by atoms with van der Waals surface area (Å²) >= 11 is 12.1. The number of para-hydroxylation sites is 2. The molecule has 17 heavy (non-hydrogen) atoms. The van der Waals surface area contributed by atoms with Crippen LogP contribution in [0, 0.1) is 0 Å². The minimum absolute atomic E-state index is 0.0567. The van der Waals surface area contributed by atoms with Gasteiger partial charge >= 0.3 is 0 Å². The van der Waals surface area contributed by atoms with Crippen LogP contribution in [0.25, 0.3) is 21.8 Å². The van der Waals surface area contributed by atoms with Gasteiger partial charge in [-0.3, -0.25) is 4.79 Å². The number of aromatic amines is 1. The summed E-state index contributed by atoms with van der Waals surface area (Å²) in [6.07, 6.45) is 0. The first kappa shape index (κ1) is 10.6. The van der Waals surface area contributed by atoms with Crippen molar-refractivity contribution in [1.82, 2.24) is 4.98 Å². The minimum Gasteiger partial charge on any atom is -0.352 e. The van der Waals surface area contributed by atoms with E-state index in [2.05, 4.69) is 4.98 Å². The lowest BCUT2D eigenvalue weighted by Crippen LogP contribution is -2.04. The van der Waals surface area contributed by atoms with Gasteiger partial charge in [0.25, 0.3) is 0 Å². The van der Waals surface area contributed by atoms with E-state index in [1.165, 1.54) is 0 Å². The Balaban J connectivity index is 2.68. The van der Waals surface area contributed by atoms with E-state index in [0.29, 0.717) is 31.9 Å². The summed E-state index contributed by atoms with van der Waals surface area (Å²) in [5, 5.41) is 2.18.